The molecular weight excluding hydrogens is 397 g/mol. The lowest BCUT2D eigenvalue weighted by atomic mass is 9.99. The van der Waals surface area contributed by atoms with Crippen LogP contribution in [-0.4, -0.2) is 29.4 Å². The van der Waals surface area contributed by atoms with E-state index in [1.54, 1.807) is 37.3 Å². The van der Waals surface area contributed by atoms with Crippen LogP contribution in [0.3, 0.4) is 0 Å². The lowest BCUT2D eigenvalue weighted by molar-refractivity contribution is 0.101. The number of phenols is 1. The fraction of sp³-hybridized carbons (Fsp3) is 0.318. The molecule has 28 heavy (non-hydrogen) atoms. The van der Waals surface area contributed by atoms with Crippen LogP contribution in [0.25, 0.3) is 6.08 Å². The molecule has 0 saturated carbocycles. The Morgan fingerprint density at radius 1 is 1.25 bits per heavy atom. The summed E-state index contributed by atoms with van der Waals surface area (Å²) in [5.74, 6) is 0.460. The number of halogens is 2. The first kappa shape index (κ1) is 20.7. The van der Waals surface area contributed by atoms with E-state index in [1.165, 1.54) is 0 Å². The molecule has 0 radical (unpaired) electrons. The number of rotatable bonds is 6. The summed E-state index contributed by atoms with van der Waals surface area (Å²) in [5.41, 5.74) is 2.30. The molecule has 0 unspecified atom stereocenters. The number of aryl methyl sites for hydroxylation is 1. The quantitative estimate of drug-likeness (QED) is 0.595. The van der Waals surface area contributed by atoms with Gasteiger partial charge in [-0.2, -0.15) is 0 Å². The van der Waals surface area contributed by atoms with E-state index in [2.05, 4.69) is 11.8 Å². The highest BCUT2D eigenvalue weighted by atomic mass is 35.5. The number of phenolic OH excluding ortho intramolecular Hbond substituents is 1. The molecule has 0 bridgehead atoms. The first-order chi connectivity index (χ1) is 13.3. The van der Waals surface area contributed by atoms with Gasteiger partial charge in [0, 0.05) is 22.2 Å². The van der Waals surface area contributed by atoms with Gasteiger partial charge in [0.05, 0.1) is 11.1 Å². The highest BCUT2D eigenvalue weighted by molar-refractivity contribution is 6.37. The number of nitrogens with zero attached hydrogens (tertiary/aromatic N) is 1. The molecular formula is C22H23Cl2NO3. The molecule has 1 N–H and O–H groups in total. The minimum atomic E-state index is -0.235. The second kappa shape index (κ2) is 8.56. The summed E-state index contributed by atoms with van der Waals surface area (Å²) in [7, 11) is 1.98. The van der Waals surface area contributed by atoms with E-state index in [0.29, 0.717) is 44.6 Å². The van der Waals surface area contributed by atoms with Gasteiger partial charge in [-0.3, -0.25) is 4.79 Å². The minimum Gasteiger partial charge on any atom is -0.507 e. The number of unbranched alkanes of at least 4 members (excludes halogenated alkanes) is 1. The first-order valence-corrected chi connectivity index (χ1v) is 10.0. The molecule has 0 fully saturated rings. The molecule has 0 saturated heterocycles. The van der Waals surface area contributed by atoms with Crippen LogP contribution in [-0.2, 0) is 6.54 Å². The maximum Gasteiger partial charge on any atom is 0.232 e. The molecule has 0 atom stereocenters. The van der Waals surface area contributed by atoms with Gasteiger partial charge in [-0.05, 0) is 56.8 Å². The number of allylic oxidation sites excluding steroid dienone is 1. The van der Waals surface area contributed by atoms with Crippen LogP contribution >= 0.6 is 23.2 Å². The molecule has 1 heterocycles. The van der Waals surface area contributed by atoms with Crippen LogP contribution in [0.1, 0.15) is 46.8 Å². The van der Waals surface area contributed by atoms with E-state index < -0.39 is 0 Å². The molecule has 2 aromatic carbocycles. The Hall–Kier alpha value is -2.01. The fourth-order valence-corrected chi connectivity index (χ4v) is 3.80. The second-order valence-corrected chi connectivity index (χ2v) is 7.88. The van der Waals surface area contributed by atoms with Crippen molar-refractivity contribution in [2.45, 2.75) is 33.2 Å². The number of carbonyl (C=O) groups is 1. The van der Waals surface area contributed by atoms with Crippen molar-refractivity contribution in [3.8, 4) is 11.5 Å². The molecule has 6 heteroatoms. The van der Waals surface area contributed by atoms with Crippen molar-refractivity contribution in [1.82, 2.24) is 4.90 Å². The summed E-state index contributed by atoms with van der Waals surface area (Å²) >= 11 is 12.5. The summed E-state index contributed by atoms with van der Waals surface area (Å²) in [6.07, 6.45) is 3.71. The van der Waals surface area contributed by atoms with Crippen molar-refractivity contribution >= 4 is 35.1 Å². The largest absolute Gasteiger partial charge is 0.507 e. The van der Waals surface area contributed by atoms with Crippen LogP contribution in [0.4, 0.5) is 0 Å². The average molecular weight is 420 g/mol. The van der Waals surface area contributed by atoms with Gasteiger partial charge in [-0.25, -0.2) is 0 Å². The number of ketones is 1. The van der Waals surface area contributed by atoms with Gasteiger partial charge in [0.25, 0.3) is 0 Å². The average Bonchev–Trinajstić information content (AvgIpc) is 2.97. The van der Waals surface area contributed by atoms with Crippen molar-refractivity contribution < 1.29 is 14.6 Å². The van der Waals surface area contributed by atoms with Gasteiger partial charge in [0.15, 0.2) is 5.76 Å². The molecule has 4 nitrogen and oxygen atoms in total. The Bertz CT molecular complexity index is 933. The zero-order chi connectivity index (χ0) is 20.4. The van der Waals surface area contributed by atoms with Crippen molar-refractivity contribution in [2.24, 2.45) is 0 Å². The van der Waals surface area contributed by atoms with E-state index in [4.69, 9.17) is 27.9 Å². The lowest BCUT2D eigenvalue weighted by Crippen LogP contribution is -2.19. The number of ether oxygens (including phenoxy) is 1. The highest BCUT2D eigenvalue weighted by Gasteiger charge is 2.33. The van der Waals surface area contributed by atoms with Crippen LogP contribution in [0, 0.1) is 6.92 Å². The Morgan fingerprint density at radius 2 is 1.93 bits per heavy atom. The number of carbonyl (C=O) groups excluding carboxylic acids is 1. The zero-order valence-electron chi connectivity index (χ0n) is 16.2. The standard InChI is InChI=1S/C22H23Cl2NO3/c1-4-5-9-25(3)12-15-18(26)10-13(2)20-21(27)19(28-22(15)20)11-14-16(23)7-6-8-17(14)24/h6-8,10-11,26H,4-5,9,12H2,1-3H3/b19-11-. The monoisotopic (exact) mass is 419 g/mol. The Kier molecular flexibility index (Phi) is 6.33. The van der Waals surface area contributed by atoms with Crippen molar-refractivity contribution in [2.75, 3.05) is 13.6 Å². The third-order valence-corrected chi connectivity index (χ3v) is 5.48. The number of fused-ring (bicyclic) bond motifs is 1. The van der Waals surface area contributed by atoms with E-state index in [9.17, 15) is 9.90 Å². The molecule has 1 aliphatic rings. The third-order valence-electron chi connectivity index (χ3n) is 4.82. The Balaban J connectivity index is 2.01. The van der Waals surface area contributed by atoms with Gasteiger partial charge in [-0.15, -0.1) is 0 Å². The van der Waals surface area contributed by atoms with Crippen molar-refractivity contribution in [1.29, 1.82) is 0 Å². The van der Waals surface area contributed by atoms with Crippen molar-refractivity contribution in [3.63, 3.8) is 0 Å². The summed E-state index contributed by atoms with van der Waals surface area (Å²) in [4.78, 5) is 15.1. The van der Waals surface area contributed by atoms with Crippen LogP contribution in [0.15, 0.2) is 30.0 Å². The maximum absolute atomic E-state index is 13.0. The van der Waals surface area contributed by atoms with E-state index >= 15 is 0 Å². The lowest BCUT2D eigenvalue weighted by Gasteiger charge is -2.19. The van der Waals surface area contributed by atoms with E-state index in [-0.39, 0.29) is 17.3 Å². The molecule has 148 valence electrons. The van der Waals surface area contributed by atoms with Crippen LogP contribution in [0.5, 0.6) is 11.5 Å². The molecule has 0 amide bonds. The number of benzene rings is 2. The zero-order valence-corrected chi connectivity index (χ0v) is 17.7. The van der Waals surface area contributed by atoms with Gasteiger partial charge < -0.3 is 14.7 Å². The van der Waals surface area contributed by atoms with Crippen LogP contribution < -0.4 is 4.74 Å². The summed E-state index contributed by atoms with van der Waals surface area (Å²) in [6, 6.07) is 6.77. The molecule has 2 aromatic rings. The van der Waals surface area contributed by atoms with Crippen LogP contribution in [0.2, 0.25) is 10.0 Å². The van der Waals surface area contributed by atoms with Gasteiger partial charge >= 0.3 is 0 Å². The maximum atomic E-state index is 13.0. The second-order valence-electron chi connectivity index (χ2n) is 7.06. The molecule has 3 rings (SSSR count). The summed E-state index contributed by atoms with van der Waals surface area (Å²) < 4.78 is 5.94. The number of aromatic hydroxyl groups is 1. The fourth-order valence-electron chi connectivity index (χ4n) is 3.29. The molecule has 0 spiro atoms. The predicted molar refractivity (Wildman–Crippen MR) is 113 cm³/mol. The van der Waals surface area contributed by atoms with E-state index in [1.807, 2.05) is 7.05 Å². The third kappa shape index (κ3) is 4.04. The van der Waals surface area contributed by atoms with Gasteiger partial charge in [0.2, 0.25) is 5.78 Å². The molecule has 0 aromatic heterocycles. The molecule has 1 aliphatic heterocycles. The van der Waals surface area contributed by atoms with E-state index in [0.717, 1.165) is 19.4 Å². The highest BCUT2D eigenvalue weighted by Crippen LogP contribution is 2.42. The number of hydrogen-bond acceptors (Lipinski definition) is 4. The van der Waals surface area contributed by atoms with Crippen molar-refractivity contribution in [3.05, 3.63) is 62.3 Å². The van der Waals surface area contributed by atoms with Gasteiger partial charge in [-0.1, -0.05) is 42.6 Å². The molecule has 0 aliphatic carbocycles. The Labute approximate surface area is 175 Å². The predicted octanol–water partition coefficient (Wildman–Crippen LogP) is 5.86. The normalized spacial score (nSPS) is 14.6. The summed E-state index contributed by atoms with van der Waals surface area (Å²) in [6.45, 7) is 5.30. The topological polar surface area (TPSA) is 49.8 Å². The first-order valence-electron chi connectivity index (χ1n) is 9.25. The summed E-state index contributed by atoms with van der Waals surface area (Å²) in [5, 5.41) is 11.4. The smallest absolute Gasteiger partial charge is 0.232 e. The minimum absolute atomic E-state index is 0.129. The number of hydrogen-bond donors (Lipinski definition) is 1. The van der Waals surface area contributed by atoms with Gasteiger partial charge in [0.1, 0.15) is 11.5 Å². The number of Topliss-reactive ketones (excluding diaryl/α,β-unsaturated/α-hetero) is 1. The Morgan fingerprint density at radius 3 is 2.57 bits per heavy atom. The SMILES string of the molecule is CCCCN(C)Cc1c(O)cc(C)c2c1O/C(=C\c1c(Cl)cccc1Cl)C2=O.